The van der Waals surface area contributed by atoms with Gasteiger partial charge in [0.05, 0.1) is 0 Å². The number of aliphatic hydroxyl groups is 1. The van der Waals surface area contributed by atoms with Gasteiger partial charge in [0.1, 0.15) is 0 Å². The molecule has 0 fully saturated rings. The van der Waals surface area contributed by atoms with Crippen molar-refractivity contribution in [3.63, 3.8) is 0 Å². The zero-order chi connectivity index (χ0) is 6.99. The molecule has 0 radical (unpaired) electrons. The summed E-state index contributed by atoms with van der Waals surface area (Å²) in [5.74, 6) is -0.995. The van der Waals surface area contributed by atoms with Crippen molar-refractivity contribution in [3.05, 3.63) is 0 Å². The van der Waals surface area contributed by atoms with Gasteiger partial charge in [-0.15, -0.1) is 0 Å². The van der Waals surface area contributed by atoms with Crippen LogP contribution in [0.4, 0.5) is 0 Å². The van der Waals surface area contributed by atoms with E-state index in [4.69, 9.17) is 5.11 Å². The van der Waals surface area contributed by atoms with Gasteiger partial charge in [0.25, 0.3) is 0 Å². The second-order valence-electron chi connectivity index (χ2n) is 1.04. The summed E-state index contributed by atoms with van der Waals surface area (Å²) in [7, 11) is 0. The van der Waals surface area contributed by atoms with E-state index in [0.717, 1.165) is 0 Å². The Morgan fingerprint density at radius 1 is 1.56 bits per heavy atom. The van der Waals surface area contributed by atoms with E-state index in [9.17, 15) is 9.90 Å². The van der Waals surface area contributed by atoms with Crippen molar-refractivity contribution in [3.8, 4) is 0 Å². The van der Waals surface area contributed by atoms with Crippen molar-refractivity contribution in [1.29, 1.82) is 0 Å². The molecule has 0 atom stereocenters. The first-order valence-electron chi connectivity index (χ1n) is 2.49. The van der Waals surface area contributed by atoms with Gasteiger partial charge >= 0.3 is 22.4 Å². The van der Waals surface area contributed by atoms with E-state index < -0.39 is 5.97 Å². The number of carbonyl (C=O) groups excluding carboxylic acids is 1. The first kappa shape index (κ1) is 16.1. The third-order valence-electron chi connectivity index (χ3n) is 0.289. The minimum atomic E-state index is -0.995. The Bertz CT molecular complexity index is 56.2. The maximum absolute atomic E-state index is 9.26. The molecule has 0 aromatic rings. The van der Waals surface area contributed by atoms with E-state index in [2.05, 4.69) is 0 Å². The molecule has 60 valence electrons. The smallest absolute Gasteiger partial charge is 0.550 e. The van der Waals surface area contributed by atoms with Crippen LogP contribution >= 0.6 is 0 Å². The SMILES string of the molecule is CCC(=O)[O-].CCO.[Ag+]. The van der Waals surface area contributed by atoms with Crippen LogP contribution in [0.2, 0.25) is 0 Å². The molecule has 0 spiro atoms. The van der Waals surface area contributed by atoms with Gasteiger partial charge in [0.2, 0.25) is 0 Å². The quantitative estimate of drug-likeness (QED) is 0.593. The molecule has 3 nitrogen and oxygen atoms in total. The van der Waals surface area contributed by atoms with Crippen molar-refractivity contribution in [2.24, 2.45) is 0 Å². The fourth-order valence-corrected chi connectivity index (χ4v) is 0. The number of carbonyl (C=O) groups is 1. The predicted molar refractivity (Wildman–Crippen MR) is 28.1 cm³/mol. The summed E-state index contributed by atoms with van der Waals surface area (Å²) >= 11 is 0. The monoisotopic (exact) mass is 226 g/mol. The first-order valence-corrected chi connectivity index (χ1v) is 2.49. The van der Waals surface area contributed by atoms with Gasteiger partial charge < -0.3 is 15.0 Å². The predicted octanol–water partition coefficient (Wildman–Crippen LogP) is -0.858. The summed E-state index contributed by atoms with van der Waals surface area (Å²) in [4.78, 5) is 9.26. The average Bonchev–Trinajstić information content (AvgIpc) is 1.69. The number of carboxylic acids is 1. The van der Waals surface area contributed by atoms with Crippen LogP contribution in [0.1, 0.15) is 20.3 Å². The Labute approximate surface area is 70.6 Å². The summed E-state index contributed by atoms with van der Waals surface area (Å²) < 4.78 is 0. The van der Waals surface area contributed by atoms with Gasteiger partial charge in [0.15, 0.2) is 0 Å². The van der Waals surface area contributed by atoms with Crippen molar-refractivity contribution in [2.45, 2.75) is 20.3 Å². The molecule has 0 amide bonds. The molecule has 0 saturated carbocycles. The van der Waals surface area contributed by atoms with E-state index in [0.29, 0.717) is 0 Å². The number of hydrogen-bond acceptors (Lipinski definition) is 3. The first-order chi connectivity index (χ1) is 3.68. The van der Waals surface area contributed by atoms with E-state index in [1.165, 1.54) is 6.92 Å². The van der Waals surface area contributed by atoms with Gasteiger partial charge in [0, 0.05) is 12.6 Å². The van der Waals surface area contributed by atoms with Crippen molar-refractivity contribution in [2.75, 3.05) is 6.61 Å². The van der Waals surface area contributed by atoms with E-state index >= 15 is 0 Å². The fourth-order valence-electron chi connectivity index (χ4n) is 0. The van der Waals surface area contributed by atoms with Crippen LogP contribution in [0, 0.1) is 0 Å². The van der Waals surface area contributed by atoms with Crippen molar-refractivity contribution >= 4 is 5.97 Å². The minimum absolute atomic E-state index is 0. The maximum atomic E-state index is 9.26. The van der Waals surface area contributed by atoms with E-state index in [1.807, 2.05) is 0 Å². The molecule has 1 N–H and O–H groups in total. The molecule has 0 aliphatic heterocycles. The average molecular weight is 227 g/mol. The molecule has 0 aliphatic carbocycles. The van der Waals surface area contributed by atoms with Crippen LogP contribution in [-0.4, -0.2) is 17.7 Å². The Kier molecular flexibility index (Phi) is 28.1. The van der Waals surface area contributed by atoms with E-state index in [-0.39, 0.29) is 35.4 Å². The van der Waals surface area contributed by atoms with Crippen molar-refractivity contribution in [1.82, 2.24) is 0 Å². The molecule has 0 aliphatic rings. The van der Waals surface area contributed by atoms with Crippen molar-refractivity contribution < 1.29 is 37.4 Å². The van der Waals surface area contributed by atoms with Gasteiger partial charge in [-0.3, -0.25) is 0 Å². The molecule has 0 aromatic carbocycles. The second kappa shape index (κ2) is 15.7. The number of hydrogen-bond donors (Lipinski definition) is 1. The molecular formula is C5H11AgO3. The van der Waals surface area contributed by atoms with Crippen LogP contribution in [0.5, 0.6) is 0 Å². The molecule has 9 heavy (non-hydrogen) atoms. The maximum Gasteiger partial charge on any atom is 1.00 e. The standard InChI is InChI=1S/C3H6O2.C2H6O.Ag/c1-2-3(4)5;1-2-3;/h2H2,1H3,(H,4,5);3H,2H2,1H3;/q;;+1/p-1. The summed E-state index contributed by atoms with van der Waals surface area (Å²) in [6, 6.07) is 0. The zero-order valence-electron chi connectivity index (χ0n) is 5.48. The topological polar surface area (TPSA) is 60.4 Å². The molecule has 0 bridgehead atoms. The van der Waals surface area contributed by atoms with E-state index in [1.54, 1.807) is 6.92 Å². The van der Waals surface area contributed by atoms with Gasteiger partial charge in [-0.25, -0.2) is 0 Å². The van der Waals surface area contributed by atoms with Gasteiger partial charge in [-0.05, 0) is 13.3 Å². The van der Waals surface area contributed by atoms with Crippen LogP contribution in [0.15, 0.2) is 0 Å². The Hall–Kier alpha value is 0.170. The third-order valence-corrected chi connectivity index (χ3v) is 0.289. The minimum Gasteiger partial charge on any atom is -0.550 e. The second-order valence-corrected chi connectivity index (χ2v) is 1.04. The van der Waals surface area contributed by atoms with Gasteiger partial charge in [-0.2, -0.15) is 0 Å². The molecule has 4 heteroatoms. The third kappa shape index (κ3) is 66.0. The van der Waals surface area contributed by atoms with Crippen LogP contribution in [0.3, 0.4) is 0 Å². The zero-order valence-corrected chi connectivity index (χ0v) is 6.96. The Morgan fingerprint density at radius 3 is 1.67 bits per heavy atom. The van der Waals surface area contributed by atoms with Crippen LogP contribution in [-0.2, 0) is 27.2 Å². The molecular weight excluding hydrogens is 216 g/mol. The summed E-state index contributed by atoms with van der Waals surface area (Å²) in [5.41, 5.74) is 0. The number of aliphatic carboxylic acids is 1. The van der Waals surface area contributed by atoms with Gasteiger partial charge in [-0.1, -0.05) is 6.92 Å². The number of carboxylic acid groups (broad SMARTS) is 1. The normalized spacial score (nSPS) is 6.11. The summed E-state index contributed by atoms with van der Waals surface area (Å²) in [6.07, 6.45) is 0.111. The van der Waals surface area contributed by atoms with Crippen LogP contribution in [0.25, 0.3) is 0 Å². The number of aliphatic hydroxyl groups excluding tert-OH is 1. The largest absolute Gasteiger partial charge is 1.00 e. The molecule has 0 heterocycles. The molecule has 0 aromatic heterocycles. The number of rotatable bonds is 1. The van der Waals surface area contributed by atoms with Crippen LogP contribution < -0.4 is 5.11 Å². The molecule has 0 rings (SSSR count). The summed E-state index contributed by atoms with van der Waals surface area (Å²) in [6.45, 7) is 3.47. The fraction of sp³-hybridized carbons (Fsp3) is 0.800. The summed E-state index contributed by atoms with van der Waals surface area (Å²) in [5, 5.41) is 16.8. The molecule has 0 saturated heterocycles. The Morgan fingerprint density at radius 2 is 1.67 bits per heavy atom. The molecule has 0 unspecified atom stereocenters. The Balaban J connectivity index is -0.0000000800.